The quantitative estimate of drug-likeness (QED) is 0.774. The molecule has 0 aromatic heterocycles. The fourth-order valence-electron chi connectivity index (χ4n) is 3.59. The van der Waals surface area contributed by atoms with Gasteiger partial charge in [-0.15, -0.1) is 0 Å². The number of hydrogen-bond donors (Lipinski definition) is 1. The largest absolute Gasteiger partial charge is 0.490 e. The van der Waals surface area contributed by atoms with Crippen LogP contribution in [0.2, 0.25) is 0 Å². The smallest absolute Gasteiger partial charge is 0.259 e. The fourth-order valence-corrected chi connectivity index (χ4v) is 5.11. The zero-order valence-corrected chi connectivity index (χ0v) is 17.2. The van der Waals surface area contributed by atoms with Crippen LogP contribution in [0.25, 0.3) is 0 Å². The van der Waals surface area contributed by atoms with Gasteiger partial charge in [-0.1, -0.05) is 18.6 Å². The zero-order valence-electron chi connectivity index (χ0n) is 16.3. The highest BCUT2D eigenvalue weighted by Crippen LogP contribution is 2.28. The monoisotopic (exact) mass is 414 g/mol. The summed E-state index contributed by atoms with van der Waals surface area (Å²) < 4.78 is 33.0. The molecule has 154 valence electrons. The van der Waals surface area contributed by atoms with E-state index in [0.717, 1.165) is 38.5 Å². The van der Waals surface area contributed by atoms with Crippen molar-refractivity contribution in [3.05, 3.63) is 54.1 Å². The van der Waals surface area contributed by atoms with E-state index in [4.69, 9.17) is 4.74 Å². The molecule has 0 radical (unpaired) electrons. The van der Waals surface area contributed by atoms with E-state index in [1.165, 1.54) is 4.31 Å². The average Bonchev–Trinajstić information content (AvgIpc) is 2.72. The van der Waals surface area contributed by atoms with E-state index in [0.29, 0.717) is 30.1 Å². The summed E-state index contributed by atoms with van der Waals surface area (Å²) in [6.07, 6.45) is 6.24. The molecule has 1 saturated heterocycles. The molecule has 6 nitrogen and oxygen atoms in total. The number of nitrogens with zero attached hydrogens (tertiary/aromatic N) is 1. The van der Waals surface area contributed by atoms with Crippen molar-refractivity contribution in [3.8, 4) is 5.75 Å². The SMILES string of the molecule is O=C(Nc1ccc(S(=O)(=O)N2CCCCC2)cc1)c1ccccc1OC1CCC1. The number of rotatable bonds is 6. The second kappa shape index (κ2) is 8.55. The third kappa shape index (κ3) is 4.46. The third-order valence-corrected chi connectivity index (χ3v) is 7.46. The van der Waals surface area contributed by atoms with Crippen LogP contribution >= 0.6 is 0 Å². The molecule has 2 aromatic carbocycles. The lowest BCUT2D eigenvalue weighted by molar-refractivity contribution is 0.0992. The highest BCUT2D eigenvalue weighted by atomic mass is 32.2. The molecule has 2 aromatic rings. The Morgan fingerprint density at radius 1 is 0.931 bits per heavy atom. The summed E-state index contributed by atoms with van der Waals surface area (Å²) in [5, 5.41) is 2.84. The normalized spacial score (nSPS) is 18.1. The van der Waals surface area contributed by atoms with Crippen LogP contribution in [0.3, 0.4) is 0 Å². The molecule has 1 N–H and O–H groups in total. The van der Waals surface area contributed by atoms with Gasteiger partial charge in [0.1, 0.15) is 5.75 Å². The van der Waals surface area contributed by atoms with Crippen molar-refractivity contribution in [1.82, 2.24) is 4.31 Å². The Kier molecular flexibility index (Phi) is 5.87. The van der Waals surface area contributed by atoms with Crippen molar-refractivity contribution >= 4 is 21.6 Å². The molecule has 2 aliphatic rings. The van der Waals surface area contributed by atoms with Crippen molar-refractivity contribution in [3.63, 3.8) is 0 Å². The lowest BCUT2D eigenvalue weighted by Gasteiger charge is -2.27. The summed E-state index contributed by atoms with van der Waals surface area (Å²) in [5.74, 6) is 0.311. The molecular formula is C22H26N2O4S. The number of nitrogens with one attached hydrogen (secondary N) is 1. The number of sulfonamides is 1. The first-order chi connectivity index (χ1) is 14.0. The van der Waals surface area contributed by atoms with Gasteiger partial charge in [0, 0.05) is 18.8 Å². The van der Waals surface area contributed by atoms with E-state index >= 15 is 0 Å². The lowest BCUT2D eigenvalue weighted by atomic mass is 9.96. The maximum absolute atomic E-state index is 12.7. The number of ether oxygens (including phenoxy) is 1. The molecule has 7 heteroatoms. The van der Waals surface area contributed by atoms with Gasteiger partial charge in [0.2, 0.25) is 10.0 Å². The maximum Gasteiger partial charge on any atom is 0.259 e. The molecule has 1 aliphatic heterocycles. The predicted molar refractivity (Wildman–Crippen MR) is 112 cm³/mol. The summed E-state index contributed by atoms with van der Waals surface area (Å²) in [6, 6.07) is 13.6. The van der Waals surface area contributed by atoms with Crippen LogP contribution in [0.1, 0.15) is 48.9 Å². The molecule has 29 heavy (non-hydrogen) atoms. The second-order valence-corrected chi connectivity index (χ2v) is 9.55. The molecule has 0 unspecified atom stereocenters. The third-order valence-electron chi connectivity index (χ3n) is 5.54. The van der Waals surface area contributed by atoms with Gasteiger partial charge in [0.05, 0.1) is 16.6 Å². The van der Waals surface area contributed by atoms with E-state index in [1.54, 1.807) is 36.4 Å². The molecular weight excluding hydrogens is 388 g/mol. The van der Waals surface area contributed by atoms with Crippen molar-refractivity contribution in [2.24, 2.45) is 0 Å². The van der Waals surface area contributed by atoms with Gasteiger partial charge in [-0.3, -0.25) is 4.79 Å². The van der Waals surface area contributed by atoms with E-state index in [-0.39, 0.29) is 16.9 Å². The van der Waals surface area contributed by atoms with Gasteiger partial charge < -0.3 is 10.1 Å². The first kappa shape index (κ1) is 19.9. The Morgan fingerprint density at radius 3 is 2.28 bits per heavy atom. The highest BCUT2D eigenvalue weighted by Gasteiger charge is 2.26. The summed E-state index contributed by atoms with van der Waals surface area (Å²) in [6.45, 7) is 1.14. The van der Waals surface area contributed by atoms with Gasteiger partial charge in [-0.2, -0.15) is 4.31 Å². The van der Waals surface area contributed by atoms with Crippen molar-refractivity contribution < 1.29 is 17.9 Å². The van der Waals surface area contributed by atoms with Crippen LogP contribution in [0, 0.1) is 0 Å². The molecule has 0 bridgehead atoms. The number of anilines is 1. The molecule has 1 saturated carbocycles. The molecule has 4 rings (SSSR count). The minimum atomic E-state index is -3.48. The van der Waals surface area contributed by atoms with E-state index in [9.17, 15) is 13.2 Å². The first-order valence-electron chi connectivity index (χ1n) is 10.2. The van der Waals surface area contributed by atoms with Gasteiger partial charge in [-0.25, -0.2) is 8.42 Å². The van der Waals surface area contributed by atoms with E-state index in [1.807, 2.05) is 12.1 Å². The minimum Gasteiger partial charge on any atom is -0.490 e. The van der Waals surface area contributed by atoms with Crippen LogP contribution in [-0.4, -0.2) is 37.8 Å². The number of carbonyl (C=O) groups excluding carboxylic acids is 1. The number of carbonyl (C=O) groups is 1. The lowest BCUT2D eigenvalue weighted by Crippen LogP contribution is -2.35. The Balaban J connectivity index is 1.46. The van der Waals surface area contributed by atoms with Gasteiger partial charge in [-0.05, 0) is 68.5 Å². The molecule has 1 heterocycles. The van der Waals surface area contributed by atoms with Crippen LogP contribution in [0.4, 0.5) is 5.69 Å². The van der Waals surface area contributed by atoms with Gasteiger partial charge >= 0.3 is 0 Å². The van der Waals surface area contributed by atoms with Crippen molar-refractivity contribution in [1.29, 1.82) is 0 Å². The Hall–Kier alpha value is -2.38. The van der Waals surface area contributed by atoms with Crippen LogP contribution in [-0.2, 0) is 10.0 Å². The number of piperidine rings is 1. The zero-order chi connectivity index (χ0) is 20.3. The van der Waals surface area contributed by atoms with Gasteiger partial charge in [0.25, 0.3) is 5.91 Å². The number of hydrogen-bond acceptors (Lipinski definition) is 4. The fraction of sp³-hybridized carbons (Fsp3) is 0.409. The molecule has 1 aliphatic carbocycles. The van der Waals surface area contributed by atoms with Crippen molar-refractivity contribution in [2.75, 3.05) is 18.4 Å². The number of benzene rings is 2. The van der Waals surface area contributed by atoms with Crippen molar-refractivity contribution in [2.45, 2.75) is 49.5 Å². The van der Waals surface area contributed by atoms with E-state index < -0.39 is 10.0 Å². The van der Waals surface area contributed by atoms with Crippen LogP contribution < -0.4 is 10.1 Å². The summed E-state index contributed by atoms with van der Waals surface area (Å²) >= 11 is 0. The van der Waals surface area contributed by atoms with Crippen LogP contribution in [0.5, 0.6) is 5.75 Å². The Bertz CT molecular complexity index is 963. The second-order valence-electron chi connectivity index (χ2n) is 7.61. The molecule has 0 spiro atoms. The predicted octanol–water partition coefficient (Wildman–Crippen LogP) is 4.04. The molecule has 1 amide bonds. The van der Waals surface area contributed by atoms with Crippen LogP contribution in [0.15, 0.2) is 53.4 Å². The standard InChI is InChI=1S/C22H26N2O4S/c25-22(20-9-2-3-10-21(20)28-18-7-6-8-18)23-17-11-13-19(14-12-17)29(26,27)24-15-4-1-5-16-24/h2-3,9-14,18H,1,4-8,15-16H2,(H,23,25). The number of para-hydroxylation sites is 1. The average molecular weight is 415 g/mol. The summed E-state index contributed by atoms with van der Waals surface area (Å²) in [5.41, 5.74) is 1.02. The summed E-state index contributed by atoms with van der Waals surface area (Å²) in [4.78, 5) is 13.0. The molecule has 2 fully saturated rings. The highest BCUT2D eigenvalue weighted by molar-refractivity contribution is 7.89. The number of amides is 1. The summed E-state index contributed by atoms with van der Waals surface area (Å²) in [7, 11) is -3.48. The minimum absolute atomic E-state index is 0.184. The van der Waals surface area contributed by atoms with Gasteiger partial charge in [0.15, 0.2) is 0 Å². The first-order valence-corrected chi connectivity index (χ1v) is 11.7. The maximum atomic E-state index is 12.7. The van der Waals surface area contributed by atoms with E-state index in [2.05, 4.69) is 5.32 Å². The Morgan fingerprint density at radius 2 is 1.62 bits per heavy atom. The Labute approximate surface area is 171 Å². The topological polar surface area (TPSA) is 75.7 Å². The molecule has 0 atom stereocenters.